The summed E-state index contributed by atoms with van der Waals surface area (Å²) in [5.74, 6) is -0.365. The van der Waals surface area contributed by atoms with Gasteiger partial charge in [0.1, 0.15) is 18.7 Å². The average Bonchev–Trinajstić information content (AvgIpc) is 2.66. The molecule has 0 bridgehead atoms. The Bertz CT molecular complexity index is 791. The third-order valence-electron chi connectivity index (χ3n) is 4.70. The summed E-state index contributed by atoms with van der Waals surface area (Å²) in [5.41, 5.74) is 2.92. The van der Waals surface area contributed by atoms with Crippen LogP contribution in [0.3, 0.4) is 0 Å². The first-order valence-corrected chi connectivity index (χ1v) is 9.39. The normalized spacial score (nSPS) is 15.2. The van der Waals surface area contributed by atoms with Crippen molar-refractivity contribution in [2.45, 2.75) is 13.8 Å². The lowest BCUT2D eigenvalue weighted by Gasteiger charge is -2.24. The Hall–Kier alpha value is -1.89. The van der Waals surface area contributed by atoms with Crippen LogP contribution in [0.1, 0.15) is 22.8 Å². The molecule has 1 fully saturated rings. The number of ether oxygens (including phenoxy) is 2. The van der Waals surface area contributed by atoms with Crippen molar-refractivity contribution in [3.63, 3.8) is 0 Å². The third-order valence-corrected chi connectivity index (χ3v) is 5.11. The minimum atomic E-state index is -0.365. The van der Waals surface area contributed by atoms with Crippen LogP contribution in [0.5, 0.6) is 0 Å². The average molecular weight is 379 g/mol. The van der Waals surface area contributed by atoms with Gasteiger partial charge in [0, 0.05) is 16.6 Å². The van der Waals surface area contributed by atoms with Crippen molar-refractivity contribution >= 4 is 34.2 Å². The second-order valence-corrected chi connectivity index (χ2v) is 6.78. The molecule has 26 heavy (non-hydrogen) atoms. The number of benzene rings is 1. The second kappa shape index (κ2) is 8.66. The molecule has 140 valence electrons. The van der Waals surface area contributed by atoms with Gasteiger partial charge in [0.05, 0.1) is 44.1 Å². The molecule has 3 rings (SSSR count). The number of pyridine rings is 1. The summed E-state index contributed by atoms with van der Waals surface area (Å²) in [6, 6.07) is 3.75. The summed E-state index contributed by atoms with van der Waals surface area (Å²) in [5, 5.41) is 4.99. The largest absolute Gasteiger partial charge is 0.462 e. The fourth-order valence-corrected chi connectivity index (χ4v) is 3.36. The van der Waals surface area contributed by atoms with E-state index in [1.54, 1.807) is 13.1 Å². The molecule has 6 nitrogen and oxygen atoms in total. The van der Waals surface area contributed by atoms with Crippen molar-refractivity contribution in [1.82, 2.24) is 4.98 Å². The predicted molar refractivity (Wildman–Crippen MR) is 102 cm³/mol. The molecule has 0 amide bonds. The lowest BCUT2D eigenvalue weighted by molar-refractivity contribution is -0.906. The summed E-state index contributed by atoms with van der Waals surface area (Å²) in [6.07, 6.45) is 1.58. The highest BCUT2D eigenvalue weighted by molar-refractivity contribution is 6.32. The van der Waals surface area contributed by atoms with Gasteiger partial charge in [-0.1, -0.05) is 11.6 Å². The van der Waals surface area contributed by atoms with Crippen LogP contribution in [0.25, 0.3) is 10.9 Å². The van der Waals surface area contributed by atoms with Crippen LogP contribution in [0.4, 0.5) is 5.69 Å². The maximum Gasteiger partial charge on any atom is 0.341 e. The lowest BCUT2D eigenvalue weighted by atomic mass is 10.1. The lowest BCUT2D eigenvalue weighted by Crippen LogP contribution is -3.14. The highest BCUT2D eigenvalue weighted by atomic mass is 35.5. The van der Waals surface area contributed by atoms with Gasteiger partial charge in [0.15, 0.2) is 0 Å². The van der Waals surface area contributed by atoms with Crippen LogP contribution in [0.2, 0.25) is 5.02 Å². The Morgan fingerprint density at radius 3 is 2.88 bits per heavy atom. The first kappa shape index (κ1) is 18.9. The van der Waals surface area contributed by atoms with Gasteiger partial charge in [0.25, 0.3) is 0 Å². The maximum atomic E-state index is 12.4. The standard InChI is InChI=1S/C19H24ClN3O3/c1-3-26-19(24)15-12-22-17-13(2)16(20)5-4-14(17)18(15)21-6-7-23-8-10-25-11-9-23/h4-5,12H,3,6-11H2,1-2H3,(H,21,22)/p+1. The molecule has 0 unspecified atom stereocenters. The molecule has 2 heterocycles. The quantitative estimate of drug-likeness (QED) is 0.749. The van der Waals surface area contributed by atoms with Gasteiger partial charge in [-0.3, -0.25) is 4.98 Å². The monoisotopic (exact) mass is 378 g/mol. The number of carbonyl (C=O) groups is 1. The third kappa shape index (κ3) is 4.09. The van der Waals surface area contributed by atoms with Gasteiger partial charge >= 0.3 is 5.97 Å². The van der Waals surface area contributed by atoms with Gasteiger partial charge in [0.2, 0.25) is 0 Å². The summed E-state index contributed by atoms with van der Waals surface area (Å²) in [4.78, 5) is 18.3. The molecule has 1 aromatic heterocycles. The van der Waals surface area contributed by atoms with Crippen molar-refractivity contribution in [2.24, 2.45) is 0 Å². The Labute approximate surface area is 158 Å². The molecular weight excluding hydrogens is 354 g/mol. The van der Waals surface area contributed by atoms with E-state index in [1.807, 2.05) is 19.1 Å². The van der Waals surface area contributed by atoms with Gasteiger partial charge < -0.3 is 19.7 Å². The van der Waals surface area contributed by atoms with Gasteiger partial charge in [-0.2, -0.15) is 0 Å². The van der Waals surface area contributed by atoms with Crippen molar-refractivity contribution < 1.29 is 19.2 Å². The molecule has 0 spiro atoms. The number of aromatic nitrogens is 1. The molecule has 2 N–H and O–H groups in total. The van der Waals surface area contributed by atoms with E-state index in [0.29, 0.717) is 17.2 Å². The van der Waals surface area contributed by atoms with Gasteiger partial charge in [-0.15, -0.1) is 0 Å². The van der Waals surface area contributed by atoms with E-state index >= 15 is 0 Å². The Kier molecular flexibility index (Phi) is 6.29. The molecule has 1 aliphatic rings. The number of esters is 1. The van der Waals surface area contributed by atoms with Crippen LogP contribution in [-0.4, -0.2) is 57.0 Å². The molecular formula is C19H25ClN3O3+. The van der Waals surface area contributed by atoms with E-state index in [1.165, 1.54) is 4.90 Å². The molecule has 7 heteroatoms. The van der Waals surface area contributed by atoms with Crippen LogP contribution < -0.4 is 10.2 Å². The topological polar surface area (TPSA) is 64.9 Å². The number of aryl methyl sites for hydroxylation is 1. The predicted octanol–water partition coefficient (Wildman–Crippen LogP) is 1.70. The smallest absolute Gasteiger partial charge is 0.341 e. The van der Waals surface area contributed by atoms with Crippen LogP contribution in [0, 0.1) is 6.92 Å². The highest BCUT2D eigenvalue weighted by Gasteiger charge is 2.19. The van der Waals surface area contributed by atoms with Gasteiger partial charge in [-0.25, -0.2) is 4.79 Å². The number of quaternary nitrogens is 1. The number of morpholine rings is 1. The van der Waals surface area contributed by atoms with E-state index in [-0.39, 0.29) is 5.97 Å². The van der Waals surface area contributed by atoms with Crippen molar-refractivity contribution in [3.05, 3.63) is 34.5 Å². The molecule has 1 aliphatic heterocycles. The van der Waals surface area contributed by atoms with Crippen LogP contribution >= 0.6 is 11.6 Å². The second-order valence-electron chi connectivity index (χ2n) is 6.38. The molecule has 0 saturated carbocycles. The van der Waals surface area contributed by atoms with Gasteiger partial charge in [-0.05, 0) is 31.5 Å². The Morgan fingerprint density at radius 2 is 2.15 bits per heavy atom. The molecule has 2 aromatic rings. The zero-order valence-corrected chi connectivity index (χ0v) is 16.0. The summed E-state index contributed by atoms with van der Waals surface area (Å²) in [6.45, 7) is 9.40. The maximum absolute atomic E-state index is 12.4. The number of nitrogens with zero attached hydrogens (tertiary/aromatic N) is 1. The van der Waals surface area contributed by atoms with E-state index in [2.05, 4.69) is 10.3 Å². The SMILES string of the molecule is CCOC(=O)c1cnc2c(C)c(Cl)ccc2c1NCC[NH+]1CCOCC1. The van der Waals surface area contributed by atoms with E-state index in [4.69, 9.17) is 21.1 Å². The zero-order valence-electron chi connectivity index (χ0n) is 15.2. The minimum Gasteiger partial charge on any atom is -0.462 e. The van der Waals surface area contributed by atoms with Crippen molar-refractivity contribution in [2.75, 3.05) is 51.3 Å². The number of hydrogen-bond donors (Lipinski definition) is 2. The van der Waals surface area contributed by atoms with Crippen LogP contribution in [0.15, 0.2) is 18.3 Å². The van der Waals surface area contributed by atoms with E-state index in [0.717, 1.165) is 61.5 Å². The van der Waals surface area contributed by atoms with Crippen molar-refractivity contribution in [3.8, 4) is 0 Å². The molecule has 1 saturated heterocycles. The Morgan fingerprint density at radius 1 is 1.38 bits per heavy atom. The summed E-state index contributed by atoms with van der Waals surface area (Å²) >= 11 is 6.23. The zero-order chi connectivity index (χ0) is 18.5. The molecule has 0 aliphatic carbocycles. The first-order valence-electron chi connectivity index (χ1n) is 9.02. The fraction of sp³-hybridized carbons (Fsp3) is 0.474. The number of anilines is 1. The molecule has 0 radical (unpaired) electrons. The number of halogens is 1. The highest BCUT2D eigenvalue weighted by Crippen LogP contribution is 2.31. The summed E-state index contributed by atoms with van der Waals surface area (Å²) < 4.78 is 10.6. The number of hydrogen-bond acceptors (Lipinski definition) is 5. The van der Waals surface area contributed by atoms with Crippen LogP contribution in [-0.2, 0) is 9.47 Å². The molecule has 0 atom stereocenters. The van der Waals surface area contributed by atoms with Crippen molar-refractivity contribution in [1.29, 1.82) is 0 Å². The fourth-order valence-electron chi connectivity index (χ4n) is 3.21. The minimum absolute atomic E-state index is 0.327. The Balaban J connectivity index is 1.89. The van der Waals surface area contributed by atoms with E-state index in [9.17, 15) is 4.79 Å². The summed E-state index contributed by atoms with van der Waals surface area (Å²) in [7, 11) is 0. The number of carbonyl (C=O) groups excluding carboxylic acids is 1. The van der Waals surface area contributed by atoms with E-state index < -0.39 is 0 Å². The number of rotatable bonds is 6. The number of nitrogens with one attached hydrogen (secondary N) is 2. The first-order chi connectivity index (χ1) is 12.6. The molecule has 1 aromatic carbocycles. The number of fused-ring (bicyclic) bond motifs is 1.